The zero-order chi connectivity index (χ0) is 28.8. The number of nitrogens with zero attached hydrogens (tertiary/aromatic N) is 2. The van der Waals surface area contributed by atoms with Crippen LogP contribution in [0.2, 0.25) is 0 Å². The van der Waals surface area contributed by atoms with Gasteiger partial charge in [-0.2, -0.15) is 0 Å². The fourth-order valence-corrected chi connectivity index (χ4v) is 7.17. The molecule has 2 aromatic heterocycles. The summed E-state index contributed by atoms with van der Waals surface area (Å²) in [7, 11) is 0. The smallest absolute Gasteiger partial charge is 0.0715 e. The van der Waals surface area contributed by atoms with Crippen molar-refractivity contribution < 1.29 is 0 Å². The first-order valence-corrected chi connectivity index (χ1v) is 15.1. The second kappa shape index (κ2) is 8.82. The third-order valence-corrected chi connectivity index (χ3v) is 9.33. The van der Waals surface area contributed by atoms with Gasteiger partial charge in [-0.3, -0.25) is 0 Å². The molecule has 0 N–H and O–H groups in total. The lowest BCUT2D eigenvalue weighted by atomic mass is 9.88. The monoisotopic (exact) mass is 556 g/mol. The van der Waals surface area contributed by atoms with Gasteiger partial charge < -0.3 is 0 Å². The molecular weight excluding hydrogens is 532 g/mol. The minimum absolute atomic E-state index is 0.995. The van der Waals surface area contributed by atoms with Crippen LogP contribution in [-0.4, -0.2) is 9.97 Å². The Morgan fingerprint density at radius 3 is 1.14 bits per heavy atom. The molecule has 10 rings (SSSR count). The van der Waals surface area contributed by atoms with Crippen molar-refractivity contribution in [2.24, 2.45) is 0 Å². The van der Waals surface area contributed by atoms with E-state index in [0.717, 1.165) is 44.3 Å². The van der Waals surface area contributed by atoms with E-state index in [1.165, 1.54) is 53.9 Å². The van der Waals surface area contributed by atoms with E-state index in [-0.39, 0.29) is 0 Å². The average Bonchev–Trinajstić information content (AvgIpc) is 3.08. The number of pyridine rings is 2. The van der Waals surface area contributed by atoms with Crippen LogP contribution in [0, 0.1) is 0 Å². The lowest BCUT2D eigenvalue weighted by Gasteiger charge is -2.16. The highest BCUT2D eigenvalue weighted by atomic mass is 14.7. The molecule has 2 heterocycles. The van der Waals surface area contributed by atoms with E-state index in [1.54, 1.807) is 0 Å². The Balaban J connectivity index is 1.19. The molecular formula is C42H24N2. The fraction of sp³-hybridized carbons (Fsp3) is 0. The van der Waals surface area contributed by atoms with Gasteiger partial charge in [0.25, 0.3) is 0 Å². The average molecular weight is 557 g/mol. The topological polar surface area (TPSA) is 25.8 Å². The van der Waals surface area contributed by atoms with Crippen molar-refractivity contribution >= 4 is 75.7 Å². The van der Waals surface area contributed by atoms with Gasteiger partial charge in [0.05, 0.1) is 22.4 Å². The Hall–Kier alpha value is -5.86. The van der Waals surface area contributed by atoms with Crippen LogP contribution in [0.4, 0.5) is 0 Å². The van der Waals surface area contributed by atoms with Crippen LogP contribution in [0.1, 0.15) is 0 Å². The standard InChI is InChI=1S/C42H24N2/c1-3-7-29-23-39-31(21-27(29)5-1)13-19-37(43-39)33-15-11-25-9-10-26-12-16-34(36-18-17-35(33)41(25)42(26)36)38-20-14-32-22-28-6-2-4-8-30(28)24-40(32)44-38/h1-24H. The maximum Gasteiger partial charge on any atom is 0.0715 e. The number of aromatic nitrogens is 2. The summed E-state index contributed by atoms with van der Waals surface area (Å²) in [5.41, 5.74) is 6.34. The minimum atomic E-state index is 0.995. The van der Waals surface area contributed by atoms with Gasteiger partial charge in [-0.15, -0.1) is 0 Å². The lowest BCUT2D eigenvalue weighted by molar-refractivity contribution is 1.41. The highest BCUT2D eigenvalue weighted by Gasteiger charge is 2.16. The lowest BCUT2D eigenvalue weighted by Crippen LogP contribution is -1.92. The largest absolute Gasteiger partial charge is 0.248 e. The van der Waals surface area contributed by atoms with Crippen LogP contribution >= 0.6 is 0 Å². The quantitative estimate of drug-likeness (QED) is 0.156. The third-order valence-electron chi connectivity index (χ3n) is 9.33. The van der Waals surface area contributed by atoms with E-state index < -0.39 is 0 Å². The Kier molecular flexibility index (Phi) is 4.75. The molecule has 0 fully saturated rings. The Labute approximate surface area is 253 Å². The molecule has 202 valence electrons. The summed E-state index contributed by atoms with van der Waals surface area (Å²) in [6.07, 6.45) is 0. The molecule has 0 saturated carbocycles. The van der Waals surface area contributed by atoms with E-state index in [2.05, 4.69) is 146 Å². The molecule has 0 unspecified atom stereocenters. The summed E-state index contributed by atoms with van der Waals surface area (Å²) >= 11 is 0. The van der Waals surface area contributed by atoms with Gasteiger partial charge in [-0.05, 0) is 90.3 Å². The minimum Gasteiger partial charge on any atom is -0.248 e. The molecule has 8 aromatic carbocycles. The molecule has 0 aliphatic carbocycles. The van der Waals surface area contributed by atoms with Gasteiger partial charge in [0.1, 0.15) is 0 Å². The van der Waals surface area contributed by atoms with Gasteiger partial charge in [0.15, 0.2) is 0 Å². The fourth-order valence-electron chi connectivity index (χ4n) is 7.17. The first-order valence-electron chi connectivity index (χ1n) is 15.1. The second-order valence-electron chi connectivity index (χ2n) is 11.8. The van der Waals surface area contributed by atoms with Gasteiger partial charge in [-0.25, -0.2) is 9.97 Å². The predicted octanol–water partition coefficient (Wildman–Crippen LogP) is 11.3. The van der Waals surface area contributed by atoms with Crippen molar-refractivity contribution in [3.63, 3.8) is 0 Å². The molecule has 0 aliphatic heterocycles. The van der Waals surface area contributed by atoms with E-state index in [4.69, 9.17) is 9.97 Å². The molecule has 2 heteroatoms. The zero-order valence-corrected chi connectivity index (χ0v) is 23.8. The molecule has 44 heavy (non-hydrogen) atoms. The summed E-state index contributed by atoms with van der Waals surface area (Å²) < 4.78 is 0. The summed E-state index contributed by atoms with van der Waals surface area (Å²) in [5.74, 6) is 0. The van der Waals surface area contributed by atoms with Crippen molar-refractivity contribution in [2.75, 3.05) is 0 Å². The Morgan fingerprint density at radius 1 is 0.295 bits per heavy atom. The van der Waals surface area contributed by atoms with E-state index >= 15 is 0 Å². The summed E-state index contributed by atoms with van der Waals surface area (Å²) in [5, 5.41) is 14.7. The summed E-state index contributed by atoms with van der Waals surface area (Å²) in [6.45, 7) is 0. The Bertz CT molecular complexity index is 2580. The van der Waals surface area contributed by atoms with E-state index in [9.17, 15) is 0 Å². The normalized spacial score (nSPS) is 12.1. The predicted molar refractivity (Wildman–Crippen MR) is 187 cm³/mol. The molecule has 0 radical (unpaired) electrons. The first-order chi connectivity index (χ1) is 21.8. The highest BCUT2D eigenvalue weighted by molar-refractivity contribution is 6.27. The first kappa shape index (κ1) is 23.7. The number of rotatable bonds is 2. The SMILES string of the molecule is c1ccc2cc3nc(-c4ccc5ccc6ccc(-c7ccc8cc9ccccc9cc8n7)c7ccc4c5c67)ccc3cc2c1. The molecule has 0 spiro atoms. The van der Waals surface area contributed by atoms with Crippen molar-refractivity contribution in [1.82, 2.24) is 9.97 Å². The van der Waals surface area contributed by atoms with Crippen LogP contribution in [-0.2, 0) is 0 Å². The van der Waals surface area contributed by atoms with E-state index in [1.807, 2.05) is 0 Å². The molecule has 0 amide bonds. The molecule has 0 atom stereocenters. The number of benzene rings is 8. The molecule has 0 aliphatic rings. The highest BCUT2D eigenvalue weighted by Crippen LogP contribution is 2.42. The van der Waals surface area contributed by atoms with Gasteiger partial charge in [-0.1, -0.05) is 109 Å². The van der Waals surface area contributed by atoms with Gasteiger partial charge in [0.2, 0.25) is 0 Å². The van der Waals surface area contributed by atoms with Crippen molar-refractivity contribution in [3.8, 4) is 22.5 Å². The van der Waals surface area contributed by atoms with Crippen LogP contribution in [0.25, 0.3) is 98.2 Å². The van der Waals surface area contributed by atoms with Crippen LogP contribution < -0.4 is 0 Å². The van der Waals surface area contributed by atoms with Gasteiger partial charge >= 0.3 is 0 Å². The molecule has 10 aromatic rings. The number of hydrogen-bond donors (Lipinski definition) is 0. The van der Waals surface area contributed by atoms with E-state index in [0.29, 0.717) is 0 Å². The van der Waals surface area contributed by atoms with Crippen molar-refractivity contribution in [1.29, 1.82) is 0 Å². The molecule has 0 saturated heterocycles. The zero-order valence-electron chi connectivity index (χ0n) is 23.8. The molecule has 2 nitrogen and oxygen atoms in total. The van der Waals surface area contributed by atoms with Crippen LogP contribution in [0.15, 0.2) is 146 Å². The Morgan fingerprint density at radius 2 is 0.682 bits per heavy atom. The third kappa shape index (κ3) is 3.43. The van der Waals surface area contributed by atoms with Crippen LogP contribution in [0.5, 0.6) is 0 Å². The van der Waals surface area contributed by atoms with Crippen molar-refractivity contribution in [2.45, 2.75) is 0 Å². The van der Waals surface area contributed by atoms with Crippen LogP contribution in [0.3, 0.4) is 0 Å². The summed E-state index contributed by atoms with van der Waals surface area (Å²) in [4.78, 5) is 10.4. The number of hydrogen-bond acceptors (Lipinski definition) is 2. The van der Waals surface area contributed by atoms with Crippen molar-refractivity contribution in [3.05, 3.63) is 146 Å². The summed E-state index contributed by atoms with van der Waals surface area (Å²) in [6, 6.07) is 52.6. The second-order valence-corrected chi connectivity index (χ2v) is 11.8. The maximum atomic E-state index is 5.18. The number of fused-ring (bicyclic) bond motifs is 4. The van der Waals surface area contributed by atoms with Gasteiger partial charge in [0, 0.05) is 21.9 Å². The maximum absolute atomic E-state index is 5.18. The molecule has 0 bridgehead atoms.